The molecule has 6 nitrogen and oxygen atoms in total. The molecule has 11 aromatic rings. The third-order valence-corrected chi connectivity index (χ3v) is 11.8. The zero-order valence-corrected chi connectivity index (χ0v) is 30.9. The average molecular weight is 736 g/mol. The summed E-state index contributed by atoms with van der Waals surface area (Å²) >= 11 is 0. The van der Waals surface area contributed by atoms with Crippen molar-refractivity contribution in [1.82, 2.24) is 25.1 Å². The molecule has 0 amide bonds. The molecule has 0 saturated carbocycles. The smallest absolute Gasteiger partial charge is 0.137 e. The standard InChI is InChI=1S/C51H37N5O/c1-4-15-32(16-5-1)49-52-50(33-17-6-2-7-18-33)54-51(53-49)34-19-14-22-36(31-34)56-41-25-12-10-23-37(41)38-27-29-42-45(47(38)56)40-28-30-44-46(39-24-11-13-26-43(39)57-44)48(40)55(42)35-20-8-3-9-21-35/h1-31,49-54H. The summed E-state index contributed by atoms with van der Waals surface area (Å²) in [5.41, 5.74) is 12.2. The molecule has 1 saturated heterocycles. The molecule has 0 radical (unpaired) electrons. The minimum Gasteiger partial charge on any atom is -0.456 e. The number of aromatic nitrogens is 2. The van der Waals surface area contributed by atoms with Gasteiger partial charge in [0.05, 0.1) is 46.0 Å². The first-order chi connectivity index (χ1) is 28.3. The number of fused-ring (bicyclic) bond motifs is 11. The van der Waals surface area contributed by atoms with Crippen LogP contribution in [0.3, 0.4) is 0 Å². The number of rotatable bonds is 5. The summed E-state index contributed by atoms with van der Waals surface area (Å²) in [5.74, 6) is 0. The fourth-order valence-corrected chi connectivity index (χ4v) is 9.32. The van der Waals surface area contributed by atoms with Crippen LogP contribution in [-0.4, -0.2) is 9.13 Å². The van der Waals surface area contributed by atoms with Crippen LogP contribution in [0.5, 0.6) is 0 Å². The van der Waals surface area contributed by atoms with Gasteiger partial charge in [-0.3, -0.25) is 16.0 Å². The summed E-state index contributed by atoms with van der Waals surface area (Å²) < 4.78 is 11.4. The van der Waals surface area contributed by atoms with Gasteiger partial charge in [-0.15, -0.1) is 0 Å². The van der Waals surface area contributed by atoms with E-state index in [0.717, 1.165) is 49.9 Å². The summed E-state index contributed by atoms with van der Waals surface area (Å²) in [6, 6.07) is 67.3. The van der Waals surface area contributed by atoms with E-state index in [1.165, 1.54) is 43.7 Å². The van der Waals surface area contributed by atoms with Gasteiger partial charge >= 0.3 is 0 Å². The van der Waals surface area contributed by atoms with E-state index in [4.69, 9.17) is 4.42 Å². The van der Waals surface area contributed by atoms with Crippen molar-refractivity contribution in [1.29, 1.82) is 0 Å². The van der Waals surface area contributed by atoms with E-state index in [2.05, 4.69) is 207 Å². The lowest BCUT2D eigenvalue weighted by Gasteiger charge is -2.39. The highest BCUT2D eigenvalue weighted by molar-refractivity contribution is 6.31. The molecule has 12 rings (SSSR count). The number of nitrogens with zero attached hydrogens (tertiary/aromatic N) is 2. The van der Waals surface area contributed by atoms with Gasteiger partial charge in [-0.2, -0.15) is 0 Å². The van der Waals surface area contributed by atoms with Crippen LogP contribution in [0, 0.1) is 0 Å². The minimum atomic E-state index is -0.127. The Labute approximate surface area is 328 Å². The van der Waals surface area contributed by atoms with E-state index in [0.29, 0.717) is 0 Å². The molecular formula is C51H37N5O. The summed E-state index contributed by atoms with van der Waals surface area (Å²) in [4.78, 5) is 0. The third-order valence-electron chi connectivity index (χ3n) is 11.8. The maximum atomic E-state index is 6.48. The summed E-state index contributed by atoms with van der Waals surface area (Å²) in [5, 5.41) is 18.7. The Morgan fingerprint density at radius 2 is 0.895 bits per heavy atom. The molecule has 3 aromatic heterocycles. The highest BCUT2D eigenvalue weighted by Gasteiger charge is 2.30. The van der Waals surface area contributed by atoms with Crippen LogP contribution in [0.1, 0.15) is 35.2 Å². The fraction of sp³-hybridized carbons (Fsp3) is 0.0588. The van der Waals surface area contributed by atoms with Gasteiger partial charge in [-0.1, -0.05) is 133 Å². The Morgan fingerprint density at radius 1 is 0.351 bits per heavy atom. The van der Waals surface area contributed by atoms with Gasteiger partial charge in [0.1, 0.15) is 11.2 Å². The predicted octanol–water partition coefficient (Wildman–Crippen LogP) is 12.0. The second-order valence-electron chi connectivity index (χ2n) is 15.0. The van der Waals surface area contributed by atoms with Gasteiger partial charge in [-0.25, -0.2) is 0 Å². The van der Waals surface area contributed by atoms with E-state index >= 15 is 0 Å². The number of benzene rings is 8. The van der Waals surface area contributed by atoms with Crippen molar-refractivity contribution in [3.05, 3.63) is 205 Å². The monoisotopic (exact) mass is 735 g/mol. The Morgan fingerprint density at radius 3 is 1.63 bits per heavy atom. The summed E-state index contributed by atoms with van der Waals surface area (Å²) in [6.45, 7) is 0. The topological polar surface area (TPSA) is 59.1 Å². The third kappa shape index (κ3) is 5.02. The molecule has 3 N–H and O–H groups in total. The van der Waals surface area contributed by atoms with Crippen LogP contribution in [0.2, 0.25) is 0 Å². The van der Waals surface area contributed by atoms with Crippen molar-refractivity contribution in [3.8, 4) is 11.4 Å². The number of furan rings is 1. The second kappa shape index (κ2) is 12.8. The quantitative estimate of drug-likeness (QED) is 0.165. The lowest BCUT2D eigenvalue weighted by atomic mass is 10.0. The van der Waals surface area contributed by atoms with Gasteiger partial charge < -0.3 is 13.6 Å². The number of nitrogens with one attached hydrogen (secondary N) is 3. The molecule has 8 aromatic carbocycles. The summed E-state index contributed by atoms with van der Waals surface area (Å²) in [6.07, 6.45) is -0.240. The predicted molar refractivity (Wildman–Crippen MR) is 233 cm³/mol. The van der Waals surface area contributed by atoms with E-state index < -0.39 is 0 Å². The molecule has 6 heteroatoms. The van der Waals surface area contributed by atoms with Gasteiger partial charge in [-0.05, 0) is 71.3 Å². The molecule has 0 bridgehead atoms. The Bertz CT molecular complexity index is 3240. The zero-order valence-electron chi connectivity index (χ0n) is 30.9. The lowest BCUT2D eigenvalue weighted by molar-refractivity contribution is 0.203. The first-order valence-corrected chi connectivity index (χ1v) is 19.6. The second-order valence-corrected chi connectivity index (χ2v) is 15.0. The molecule has 2 unspecified atom stereocenters. The minimum absolute atomic E-state index is 0.0564. The fourth-order valence-electron chi connectivity index (χ4n) is 9.32. The molecule has 2 atom stereocenters. The molecule has 0 spiro atoms. The van der Waals surface area contributed by atoms with Crippen LogP contribution < -0.4 is 16.0 Å². The largest absolute Gasteiger partial charge is 0.456 e. The van der Waals surface area contributed by atoms with Crippen molar-refractivity contribution >= 4 is 65.6 Å². The Balaban J connectivity index is 1.12. The van der Waals surface area contributed by atoms with E-state index in [1.54, 1.807) is 0 Å². The van der Waals surface area contributed by atoms with Crippen LogP contribution in [0.15, 0.2) is 192 Å². The van der Waals surface area contributed by atoms with Crippen LogP contribution in [0.4, 0.5) is 0 Å². The van der Waals surface area contributed by atoms with Crippen LogP contribution in [0.25, 0.3) is 76.9 Å². The Kier molecular flexibility index (Phi) is 7.25. The molecule has 272 valence electrons. The van der Waals surface area contributed by atoms with Gasteiger partial charge in [0.15, 0.2) is 0 Å². The first kappa shape index (κ1) is 32.3. The van der Waals surface area contributed by atoms with Crippen LogP contribution in [-0.2, 0) is 0 Å². The SMILES string of the molecule is c1ccc(C2NC(c3ccccc3)NC(c3cccc(-n4c5ccccc5c5ccc6c(c7ccc8oc9ccccc9c8c7n6-c6ccccc6)c54)c3)N2)cc1. The molecule has 4 heterocycles. The van der Waals surface area contributed by atoms with Gasteiger partial charge in [0.2, 0.25) is 0 Å². The molecule has 1 aliphatic heterocycles. The summed E-state index contributed by atoms with van der Waals surface area (Å²) in [7, 11) is 0. The molecule has 57 heavy (non-hydrogen) atoms. The highest BCUT2D eigenvalue weighted by Crippen LogP contribution is 2.45. The number of hydrogen-bond donors (Lipinski definition) is 3. The van der Waals surface area contributed by atoms with Crippen molar-refractivity contribution in [2.45, 2.75) is 18.5 Å². The van der Waals surface area contributed by atoms with Gasteiger partial charge in [0, 0.05) is 38.3 Å². The average Bonchev–Trinajstić information content (AvgIpc) is 3.95. The van der Waals surface area contributed by atoms with E-state index in [9.17, 15) is 0 Å². The molecule has 0 aliphatic carbocycles. The molecule has 1 fully saturated rings. The Hall–Kier alpha value is -6.96. The van der Waals surface area contributed by atoms with Crippen molar-refractivity contribution in [3.63, 3.8) is 0 Å². The highest BCUT2D eigenvalue weighted by atomic mass is 16.3. The van der Waals surface area contributed by atoms with Crippen LogP contribution >= 0.6 is 0 Å². The maximum Gasteiger partial charge on any atom is 0.137 e. The number of para-hydroxylation sites is 3. The molecular weight excluding hydrogens is 699 g/mol. The first-order valence-electron chi connectivity index (χ1n) is 19.6. The van der Waals surface area contributed by atoms with Gasteiger partial charge in [0.25, 0.3) is 0 Å². The van der Waals surface area contributed by atoms with E-state index in [-0.39, 0.29) is 18.5 Å². The van der Waals surface area contributed by atoms with Crippen molar-refractivity contribution in [2.75, 3.05) is 0 Å². The van der Waals surface area contributed by atoms with Crippen molar-refractivity contribution < 1.29 is 4.42 Å². The maximum absolute atomic E-state index is 6.48. The molecule has 1 aliphatic rings. The number of hydrogen-bond acceptors (Lipinski definition) is 4. The zero-order chi connectivity index (χ0) is 37.5. The normalized spacial score (nSPS) is 17.4. The van der Waals surface area contributed by atoms with Crippen molar-refractivity contribution in [2.24, 2.45) is 0 Å². The van der Waals surface area contributed by atoms with E-state index in [1.807, 2.05) is 6.07 Å². The lowest BCUT2D eigenvalue weighted by Crippen LogP contribution is -2.54.